The molecule has 1 aliphatic rings. The minimum Gasteiger partial charge on any atom is -0.465 e. The highest BCUT2D eigenvalue weighted by Gasteiger charge is 2.35. The van der Waals surface area contributed by atoms with Gasteiger partial charge in [0, 0.05) is 28.7 Å². The van der Waals surface area contributed by atoms with Gasteiger partial charge in [0.2, 0.25) is 0 Å². The molecule has 1 aromatic rings. The Balaban J connectivity index is 2.05. The summed E-state index contributed by atoms with van der Waals surface area (Å²) in [5.41, 5.74) is -0.0528. The SMILES string of the molecule is CC(C)(C)N(C(=O)O)[C@H]1CC[C@H](Nc2cc(Cl)ccc2[N+](=O)[O-])CC1. The molecule has 1 amide bonds. The van der Waals surface area contributed by atoms with E-state index in [0.29, 0.717) is 10.7 Å². The van der Waals surface area contributed by atoms with Gasteiger partial charge in [-0.1, -0.05) is 11.6 Å². The third kappa shape index (κ3) is 4.75. The second kappa shape index (κ2) is 7.47. The van der Waals surface area contributed by atoms with Crippen LogP contribution in [0.4, 0.5) is 16.2 Å². The molecule has 1 fully saturated rings. The average molecular weight is 370 g/mol. The maximum absolute atomic E-state index is 11.6. The third-order valence-electron chi connectivity index (χ3n) is 4.51. The molecule has 7 nitrogen and oxygen atoms in total. The Hall–Kier alpha value is -2.02. The molecule has 8 heteroatoms. The van der Waals surface area contributed by atoms with Crippen LogP contribution in [0.15, 0.2) is 18.2 Å². The Bertz CT molecular complexity index is 652. The third-order valence-corrected chi connectivity index (χ3v) is 4.74. The Labute approximate surface area is 152 Å². The van der Waals surface area contributed by atoms with E-state index in [2.05, 4.69) is 5.32 Å². The first kappa shape index (κ1) is 19.3. The molecule has 0 atom stereocenters. The lowest BCUT2D eigenvalue weighted by Gasteiger charge is -2.42. The van der Waals surface area contributed by atoms with Gasteiger partial charge < -0.3 is 15.3 Å². The molecule has 2 rings (SSSR count). The number of carbonyl (C=O) groups is 1. The van der Waals surface area contributed by atoms with Crippen LogP contribution in [0.25, 0.3) is 0 Å². The van der Waals surface area contributed by atoms with E-state index in [4.69, 9.17) is 11.6 Å². The van der Waals surface area contributed by atoms with Crippen LogP contribution in [-0.4, -0.2) is 38.6 Å². The van der Waals surface area contributed by atoms with Crippen molar-refractivity contribution in [3.63, 3.8) is 0 Å². The zero-order valence-electron chi connectivity index (χ0n) is 14.7. The predicted octanol–water partition coefficient (Wildman–Crippen LogP) is 4.75. The summed E-state index contributed by atoms with van der Waals surface area (Å²) < 4.78 is 0. The van der Waals surface area contributed by atoms with Crippen molar-refractivity contribution >= 4 is 29.1 Å². The zero-order chi connectivity index (χ0) is 18.8. The first-order valence-corrected chi connectivity index (χ1v) is 8.70. The Kier molecular flexibility index (Phi) is 5.77. The summed E-state index contributed by atoms with van der Waals surface area (Å²) in [5, 5.41) is 24.3. The summed E-state index contributed by atoms with van der Waals surface area (Å²) in [6, 6.07) is 4.47. The Morgan fingerprint density at radius 2 is 1.92 bits per heavy atom. The second-order valence-electron chi connectivity index (χ2n) is 7.39. The number of hydrogen-bond donors (Lipinski definition) is 2. The Morgan fingerprint density at radius 1 is 1.32 bits per heavy atom. The lowest BCUT2D eigenvalue weighted by atomic mass is 9.88. The van der Waals surface area contributed by atoms with Crippen LogP contribution in [0.5, 0.6) is 0 Å². The van der Waals surface area contributed by atoms with Crippen molar-refractivity contribution in [1.29, 1.82) is 0 Å². The number of nitro groups is 1. The molecule has 25 heavy (non-hydrogen) atoms. The highest BCUT2D eigenvalue weighted by Crippen LogP contribution is 2.33. The molecule has 1 aliphatic carbocycles. The van der Waals surface area contributed by atoms with Gasteiger partial charge in [0.05, 0.1) is 4.92 Å². The van der Waals surface area contributed by atoms with Gasteiger partial charge in [-0.2, -0.15) is 0 Å². The highest BCUT2D eigenvalue weighted by molar-refractivity contribution is 6.31. The number of rotatable bonds is 4. The molecule has 0 bridgehead atoms. The summed E-state index contributed by atoms with van der Waals surface area (Å²) in [6.45, 7) is 5.67. The standard InChI is InChI=1S/C17H24ClN3O4/c1-17(2,3)20(16(22)23)13-7-5-12(6-8-13)19-14-10-11(18)4-9-15(14)21(24)25/h4,9-10,12-13,19H,5-8H2,1-3H3,(H,22,23)/t12-,13-. The molecule has 1 saturated carbocycles. The number of hydrogen-bond acceptors (Lipinski definition) is 4. The van der Waals surface area contributed by atoms with Gasteiger partial charge in [0.25, 0.3) is 5.69 Å². The average Bonchev–Trinajstić information content (AvgIpc) is 2.47. The summed E-state index contributed by atoms with van der Waals surface area (Å²) >= 11 is 5.95. The fourth-order valence-electron chi connectivity index (χ4n) is 3.47. The highest BCUT2D eigenvalue weighted by atomic mass is 35.5. The summed E-state index contributed by atoms with van der Waals surface area (Å²) in [5.74, 6) is 0. The van der Waals surface area contributed by atoms with Crippen molar-refractivity contribution in [3.8, 4) is 0 Å². The molecule has 1 aromatic carbocycles. The maximum Gasteiger partial charge on any atom is 0.407 e. The second-order valence-corrected chi connectivity index (χ2v) is 7.83. The molecule has 0 spiro atoms. The lowest BCUT2D eigenvalue weighted by Crippen LogP contribution is -2.52. The minimum atomic E-state index is -0.908. The van der Waals surface area contributed by atoms with Crippen molar-refractivity contribution in [1.82, 2.24) is 4.90 Å². The maximum atomic E-state index is 11.6. The van der Waals surface area contributed by atoms with Crippen LogP contribution >= 0.6 is 11.6 Å². The molecular formula is C17H24ClN3O4. The molecule has 0 aliphatic heterocycles. The topological polar surface area (TPSA) is 95.7 Å². The summed E-state index contributed by atoms with van der Waals surface area (Å²) in [6.07, 6.45) is 2.02. The van der Waals surface area contributed by atoms with Gasteiger partial charge in [-0.25, -0.2) is 4.79 Å². The normalized spacial score (nSPS) is 20.8. The van der Waals surface area contributed by atoms with E-state index in [1.807, 2.05) is 20.8 Å². The van der Waals surface area contributed by atoms with Crippen LogP contribution in [-0.2, 0) is 0 Å². The van der Waals surface area contributed by atoms with E-state index in [1.54, 1.807) is 6.07 Å². The number of carboxylic acid groups (broad SMARTS) is 1. The molecule has 0 heterocycles. The number of amides is 1. The van der Waals surface area contributed by atoms with E-state index < -0.39 is 16.6 Å². The molecule has 0 saturated heterocycles. The molecule has 0 aromatic heterocycles. The van der Waals surface area contributed by atoms with Gasteiger partial charge in [-0.05, 0) is 58.6 Å². The minimum absolute atomic E-state index is 0.00613. The van der Waals surface area contributed by atoms with Gasteiger partial charge in [0.1, 0.15) is 5.69 Å². The number of nitro benzene ring substituents is 1. The van der Waals surface area contributed by atoms with Crippen molar-refractivity contribution in [2.24, 2.45) is 0 Å². The lowest BCUT2D eigenvalue weighted by molar-refractivity contribution is -0.384. The van der Waals surface area contributed by atoms with Crippen molar-refractivity contribution in [2.45, 2.75) is 64.1 Å². The molecular weight excluding hydrogens is 346 g/mol. The number of anilines is 1. The number of nitrogens with zero attached hydrogens (tertiary/aromatic N) is 2. The van der Waals surface area contributed by atoms with Crippen LogP contribution in [0, 0.1) is 10.1 Å². The Morgan fingerprint density at radius 3 is 2.40 bits per heavy atom. The van der Waals surface area contributed by atoms with Gasteiger partial charge in [-0.15, -0.1) is 0 Å². The van der Waals surface area contributed by atoms with Crippen LogP contribution in [0.2, 0.25) is 5.02 Å². The van der Waals surface area contributed by atoms with E-state index >= 15 is 0 Å². The van der Waals surface area contributed by atoms with Crippen LogP contribution in [0.1, 0.15) is 46.5 Å². The van der Waals surface area contributed by atoms with E-state index in [9.17, 15) is 20.0 Å². The molecule has 0 unspecified atom stereocenters. The molecule has 2 N–H and O–H groups in total. The fourth-order valence-corrected chi connectivity index (χ4v) is 3.64. The first-order valence-electron chi connectivity index (χ1n) is 8.32. The quantitative estimate of drug-likeness (QED) is 0.589. The predicted molar refractivity (Wildman–Crippen MR) is 97.4 cm³/mol. The first-order chi connectivity index (χ1) is 11.6. The molecule has 138 valence electrons. The van der Waals surface area contributed by atoms with Crippen molar-refractivity contribution in [2.75, 3.05) is 5.32 Å². The van der Waals surface area contributed by atoms with Crippen LogP contribution in [0.3, 0.4) is 0 Å². The number of halogens is 1. The van der Waals surface area contributed by atoms with E-state index in [1.165, 1.54) is 17.0 Å². The van der Waals surface area contributed by atoms with Gasteiger partial charge in [0.15, 0.2) is 0 Å². The fraction of sp³-hybridized carbons (Fsp3) is 0.588. The van der Waals surface area contributed by atoms with E-state index in [0.717, 1.165) is 25.7 Å². The number of nitrogens with one attached hydrogen (secondary N) is 1. The summed E-state index contributed by atoms with van der Waals surface area (Å²) in [4.78, 5) is 23.8. The van der Waals surface area contributed by atoms with Crippen LogP contribution < -0.4 is 5.32 Å². The van der Waals surface area contributed by atoms with Gasteiger partial charge in [-0.3, -0.25) is 10.1 Å². The molecule has 0 radical (unpaired) electrons. The van der Waals surface area contributed by atoms with Gasteiger partial charge >= 0.3 is 6.09 Å². The summed E-state index contributed by atoms with van der Waals surface area (Å²) in [7, 11) is 0. The van der Waals surface area contributed by atoms with Crippen molar-refractivity contribution < 1.29 is 14.8 Å². The smallest absolute Gasteiger partial charge is 0.407 e. The zero-order valence-corrected chi connectivity index (χ0v) is 15.4. The largest absolute Gasteiger partial charge is 0.465 e. The number of benzene rings is 1. The monoisotopic (exact) mass is 369 g/mol. The van der Waals surface area contributed by atoms with Crippen molar-refractivity contribution in [3.05, 3.63) is 33.3 Å². The van der Waals surface area contributed by atoms with E-state index in [-0.39, 0.29) is 17.8 Å².